The topological polar surface area (TPSA) is 103 Å². The molecule has 1 aliphatic rings. The number of carbonyl (C=O) groups excluding carboxylic acids is 1. The lowest BCUT2D eigenvalue weighted by Crippen LogP contribution is -2.37. The van der Waals surface area contributed by atoms with E-state index in [9.17, 15) is 4.79 Å². The molecule has 4 aromatic rings. The number of hydrogen-bond donors (Lipinski definition) is 0. The number of aryl methyl sites for hydroxylation is 2. The maximum atomic E-state index is 13.1. The Morgan fingerprint density at radius 1 is 1.09 bits per heavy atom. The molecular weight excluding hydrogens is 420 g/mol. The Hall–Kier alpha value is -3.59. The van der Waals surface area contributed by atoms with E-state index in [2.05, 4.69) is 25.2 Å². The summed E-state index contributed by atoms with van der Waals surface area (Å²) in [6.45, 7) is 7.78. The fourth-order valence-corrected chi connectivity index (χ4v) is 4.48. The van der Waals surface area contributed by atoms with E-state index in [0.717, 1.165) is 48.6 Å². The molecule has 5 rings (SSSR count). The Morgan fingerprint density at radius 3 is 2.61 bits per heavy atom. The fourth-order valence-electron chi connectivity index (χ4n) is 4.48. The second-order valence-corrected chi connectivity index (χ2v) is 8.56. The van der Waals surface area contributed by atoms with Crippen LogP contribution in [0.15, 0.2) is 45.6 Å². The number of rotatable bonds is 6. The van der Waals surface area contributed by atoms with Gasteiger partial charge in [0.25, 0.3) is 0 Å². The van der Waals surface area contributed by atoms with Gasteiger partial charge in [-0.25, -0.2) is 0 Å². The lowest BCUT2D eigenvalue weighted by molar-refractivity contribution is 0.0904. The zero-order valence-corrected chi connectivity index (χ0v) is 19.0. The van der Waals surface area contributed by atoms with Crippen LogP contribution in [0.2, 0.25) is 0 Å². The first-order valence-corrected chi connectivity index (χ1v) is 11.1. The second kappa shape index (κ2) is 8.74. The molecule has 0 aliphatic carbocycles. The van der Waals surface area contributed by atoms with Gasteiger partial charge in [-0.3, -0.25) is 19.2 Å². The predicted octanol–water partition coefficient (Wildman–Crippen LogP) is 3.90. The zero-order valence-electron chi connectivity index (χ0n) is 19.0. The predicted molar refractivity (Wildman–Crippen MR) is 120 cm³/mol. The first kappa shape index (κ1) is 21.3. The smallest absolute Gasteiger partial charge is 0.230 e. The maximum Gasteiger partial charge on any atom is 0.230 e. The Morgan fingerprint density at radius 2 is 1.91 bits per heavy atom. The van der Waals surface area contributed by atoms with Gasteiger partial charge in [0.2, 0.25) is 11.7 Å². The normalized spacial score (nSPS) is 15.2. The lowest BCUT2D eigenvalue weighted by atomic mass is 9.96. The van der Waals surface area contributed by atoms with E-state index in [4.69, 9.17) is 9.05 Å². The van der Waals surface area contributed by atoms with Gasteiger partial charge in [-0.15, -0.1) is 0 Å². The Bertz CT molecular complexity index is 1260. The van der Waals surface area contributed by atoms with Crippen LogP contribution in [0.4, 0.5) is 0 Å². The fraction of sp³-hybridized carbons (Fsp3) is 0.375. The molecule has 9 nitrogen and oxygen atoms in total. The van der Waals surface area contributed by atoms with Crippen molar-refractivity contribution in [1.29, 1.82) is 0 Å². The molecule has 5 heterocycles. The van der Waals surface area contributed by atoms with Crippen LogP contribution in [-0.4, -0.2) is 55.2 Å². The van der Waals surface area contributed by atoms with Crippen LogP contribution in [0.5, 0.6) is 0 Å². The molecule has 9 heteroatoms. The molecule has 1 aliphatic heterocycles. The van der Waals surface area contributed by atoms with E-state index in [1.165, 1.54) is 0 Å². The van der Waals surface area contributed by atoms with Crippen LogP contribution in [0.3, 0.4) is 0 Å². The summed E-state index contributed by atoms with van der Waals surface area (Å²) in [5, 5.41) is 8.18. The van der Waals surface area contributed by atoms with Crippen LogP contribution >= 0.6 is 0 Å². The van der Waals surface area contributed by atoms with Gasteiger partial charge in [0.15, 0.2) is 11.6 Å². The van der Waals surface area contributed by atoms with Gasteiger partial charge in [-0.2, -0.15) is 4.98 Å². The Balaban J connectivity index is 1.21. The summed E-state index contributed by atoms with van der Waals surface area (Å²) < 4.78 is 12.7. The molecule has 0 atom stereocenters. The highest BCUT2D eigenvalue weighted by Crippen LogP contribution is 2.29. The van der Waals surface area contributed by atoms with Crippen molar-refractivity contribution < 1.29 is 13.8 Å². The van der Waals surface area contributed by atoms with Crippen molar-refractivity contribution in [3.63, 3.8) is 0 Å². The number of ketones is 1. The number of nitrogens with zero attached hydrogens (tertiary/aromatic N) is 6. The number of piperidine rings is 1. The molecule has 1 fully saturated rings. The first-order chi connectivity index (χ1) is 16.0. The molecule has 0 bridgehead atoms. The summed E-state index contributed by atoms with van der Waals surface area (Å²) in [4.78, 5) is 24.1. The molecule has 0 unspecified atom stereocenters. The quantitative estimate of drug-likeness (QED) is 0.411. The molecule has 0 spiro atoms. The average Bonchev–Trinajstić information content (AvgIpc) is 3.54. The minimum Gasteiger partial charge on any atom is -0.360 e. The van der Waals surface area contributed by atoms with E-state index in [0.29, 0.717) is 29.8 Å². The largest absolute Gasteiger partial charge is 0.360 e. The van der Waals surface area contributed by atoms with Gasteiger partial charge in [-0.1, -0.05) is 16.4 Å². The van der Waals surface area contributed by atoms with Crippen molar-refractivity contribution in [3.05, 3.63) is 65.1 Å². The van der Waals surface area contributed by atoms with Crippen molar-refractivity contribution in [2.75, 3.05) is 19.6 Å². The van der Waals surface area contributed by atoms with Gasteiger partial charge in [0.05, 0.1) is 6.54 Å². The number of carbonyl (C=O) groups is 1. The van der Waals surface area contributed by atoms with Gasteiger partial charge >= 0.3 is 0 Å². The lowest BCUT2D eigenvalue weighted by Gasteiger charge is -2.29. The Kier molecular flexibility index (Phi) is 5.63. The SMILES string of the molecule is Cc1cc(-n2c(C)cc(C(=O)CN3CCC(c4nc(-c5ccccn5)no4)CC3)c2C)no1. The van der Waals surface area contributed by atoms with Crippen LogP contribution in [0.25, 0.3) is 17.3 Å². The molecule has 0 aromatic carbocycles. The third-order valence-corrected chi connectivity index (χ3v) is 6.22. The molecule has 1 saturated heterocycles. The minimum absolute atomic E-state index is 0.114. The maximum absolute atomic E-state index is 13.1. The van der Waals surface area contributed by atoms with Crippen LogP contribution in [0.1, 0.15) is 52.2 Å². The summed E-state index contributed by atoms with van der Waals surface area (Å²) in [6.07, 6.45) is 3.45. The molecule has 4 aromatic heterocycles. The molecule has 0 amide bonds. The standard InChI is InChI=1S/C24H26N6O3/c1-15-12-19(17(3)30(15)22-13-16(2)32-27-22)21(31)14-29-10-7-18(8-11-29)24-26-23(28-33-24)20-6-4-5-9-25-20/h4-6,9,12-13,18H,7-8,10-11,14H2,1-3H3. The number of pyridine rings is 1. The van der Waals surface area contributed by atoms with Crippen LogP contribution in [-0.2, 0) is 0 Å². The zero-order chi connectivity index (χ0) is 22.9. The van der Waals surface area contributed by atoms with Gasteiger partial charge in [-0.05, 0) is 64.9 Å². The van der Waals surface area contributed by atoms with E-state index in [1.54, 1.807) is 6.20 Å². The average molecular weight is 447 g/mol. The van der Waals surface area contributed by atoms with E-state index in [1.807, 2.05) is 55.7 Å². The van der Waals surface area contributed by atoms with Gasteiger partial charge < -0.3 is 9.05 Å². The van der Waals surface area contributed by atoms with Crippen molar-refractivity contribution in [3.8, 4) is 17.3 Å². The molecule has 0 radical (unpaired) electrons. The van der Waals surface area contributed by atoms with Crippen molar-refractivity contribution >= 4 is 5.78 Å². The summed E-state index contributed by atoms with van der Waals surface area (Å²) in [6, 6.07) is 9.43. The van der Waals surface area contributed by atoms with Crippen molar-refractivity contribution in [2.24, 2.45) is 0 Å². The molecule has 170 valence electrons. The monoisotopic (exact) mass is 446 g/mol. The van der Waals surface area contributed by atoms with Gasteiger partial charge in [0.1, 0.15) is 11.5 Å². The molecular formula is C24H26N6O3. The Labute approximate surface area is 191 Å². The van der Waals surface area contributed by atoms with Crippen molar-refractivity contribution in [1.82, 2.24) is 29.7 Å². The third kappa shape index (κ3) is 4.23. The molecule has 0 saturated carbocycles. The molecule has 0 N–H and O–H groups in total. The number of hydrogen-bond acceptors (Lipinski definition) is 8. The van der Waals surface area contributed by atoms with E-state index in [-0.39, 0.29) is 11.7 Å². The number of Topliss-reactive ketones (excluding diaryl/α,β-unsaturated/α-hetero) is 1. The van der Waals surface area contributed by atoms with Crippen LogP contribution < -0.4 is 0 Å². The van der Waals surface area contributed by atoms with Gasteiger partial charge in [0, 0.05) is 35.1 Å². The van der Waals surface area contributed by atoms with E-state index >= 15 is 0 Å². The summed E-state index contributed by atoms with van der Waals surface area (Å²) in [7, 11) is 0. The summed E-state index contributed by atoms with van der Waals surface area (Å²) >= 11 is 0. The minimum atomic E-state index is 0.114. The number of aromatic nitrogens is 5. The first-order valence-electron chi connectivity index (χ1n) is 11.1. The highest BCUT2D eigenvalue weighted by molar-refractivity contribution is 5.99. The second-order valence-electron chi connectivity index (χ2n) is 8.56. The number of likely N-dealkylation sites (tertiary alicyclic amines) is 1. The third-order valence-electron chi connectivity index (χ3n) is 6.22. The molecule has 33 heavy (non-hydrogen) atoms. The summed E-state index contributed by atoms with van der Waals surface area (Å²) in [5.41, 5.74) is 3.28. The van der Waals surface area contributed by atoms with Crippen LogP contribution in [0, 0.1) is 20.8 Å². The highest BCUT2D eigenvalue weighted by Gasteiger charge is 2.28. The van der Waals surface area contributed by atoms with Crippen molar-refractivity contribution in [2.45, 2.75) is 39.5 Å². The van der Waals surface area contributed by atoms with E-state index < -0.39 is 0 Å². The highest BCUT2D eigenvalue weighted by atomic mass is 16.5. The summed E-state index contributed by atoms with van der Waals surface area (Å²) in [5.74, 6) is 2.91.